The number of nitrogens with zero attached hydrogens (tertiary/aromatic N) is 4. The van der Waals surface area contributed by atoms with Crippen LogP contribution in [0.15, 0.2) is 65.2 Å². The SMILES string of the molecule is CCc1nc(C)cn2nc(C3=CC(=O)N4C=C(C5=CCNCC5)C=C(C)C4=CCC3C)cc12. The van der Waals surface area contributed by atoms with Gasteiger partial charge in [-0.05, 0) is 80.0 Å². The molecular formula is C27H31N5O. The number of amides is 1. The minimum atomic E-state index is -0.0237. The second-order valence-electron chi connectivity index (χ2n) is 9.17. The van der Waals surface area contributed by atoms with Gasteiger partial charge in [-0.15, -0.1) is 0 Å². The van der Waals surface area contributed by atoms with Gasteiger partial charge in [0.2, 0.25) is 0 Å². The van der Waals surface area contributed by atoms with Gasteiger partial charge >= 0.3 is 0 Å². The Hall–Kier alpha value is -3.25. The van der Waals surface area contributed by atoms with Crippen molar-refractivity contribution < 1.29 is 4.79 Å². The summed E-state index contributed by atoms with van der Waals surface area (Å²) in [6.07, 6.45) is 15.0. The Labute approximate surface area is 195 Å². The van der Waals surface area contributed by atoms with Gasteiger partial charge in [-0.2, -0.15) is 5.10 Å². The number of aryl methyl sites for hydroxylation is 2. The lowest BCUT2D eigenvalue weighted by Crippen LogP contribution is -2.29. The summed E-state index contributed by atoms with van der Waals surface area (Å²) in [7, 11) is 0. The largest absolute Gasteiger partial charge is 0.313 e. The average Bonchev–Trinajstić information content (AvgIpc) is 3.23. The fourth-order valence-electron chi connectivity index (χ4n) is 4.92. The Morgan fingerprint density at radius 1 is 1.21 bits per heavy atom. The molecule has 0 saturated carbocycles. The van der Waals surface area contributed by atoms with E-state index in [1.165, 1.54) is 5.57 Å². The van der Waals surface area contributed by atoms with Crippen molar-refractivity contribution in [3.8, 4) is 0 Å². The first-order valence-electron chi connectivity index (χ1n) is 11.9. The molecule has 0 bridgehead atoms. The maximum absolute atomic E-state index is 13.6. The highest BCUT2D eigenvalue weighted by atomic mass is 16.2. The number of aromatic nitrogens is 3. The first-order valence-corrected chi connectivity index (χ1v) is 11.9. The molecule has 3 aliphatic heterocycles. The van der Waals surface area contributed by atoms with E-state index in [1.807, 2.05) is 28.7 Å². The third-order valence-electron chi connectivity index (χ3n) is 6.73. The number of nitrogens with one attached hydrogen (secondary N) is 1. The van der Waals surface area contributed by atoms with Crippen LogP contribution in [0.3, 0.4) is 0 Å². The molecule has 2 aromatic rings. The van der Waals surface area contributed by atoms with Gasteiger partial charge in [-0.3, -0.25) is 14.7 Å². The zero-order valence-corrected chi connectivity index (χ0v) is 19.9. The Morgan fingerprint density at radius 2 is 2.06 bits per heavy atom. The molecule has 1 atom stereocenters. The molecular weight excluding hydrogens is 410 g/mol. The lowest BCUT2D eigenvalue weighted by molar-refractivity contribution is -0.122. The molecule has 0 radical (unpaired) electrons. The standard InChI is InChI=1S/C27H31N5O/c1-5-23-26-14-24(30-32(26)15-19(4)29-23)22-13-27(33)31-16-21(20-8-10-28-11-9-20)12-18(3)25(31)7-6-17(22)2/h7-8,12-17,28H,5-6,9-11H2,1-4H3. The molecule has 1 N–H and O–H groups in total. The number of fused-ring (bicyclic) bond motifs is 2. The Bertz CT molecular complexity index is 1290. The zero-order chi connectivity index (χ0) is 23.1. The fourth-order valence-corrected chi connectivity index (χ4v) is 4.92. The van der Waals surface area contributed by atoms with Gasteiger partial charge in [0.05, 0.1) is 28.8 Å². The molecule has 2 aromatic heterocycles. The van der Waals surface area contributed by atoms with Crippen molar-refractivity contribution in [1.29, 1.82) is 0 Å². The molecule has 5 rings (SSSR count). The minimum absolute atomic E-state index is 0.0237. The van der Waals surface area contributed by atoms with Crippen LogP contribution in [-0.2, 0) is 11.2 Å². The second kappa shape index (κ2) is 8.60. The minimum Gasteiger partial charge on any atom is -0.313 e. The van der Waals surface area contributed by atoms with E-state index in [-0.39, 0.29) is 11.8 Å². The van der Waals surface area contributed by atoms with Crippen molar-refractivity contribution in [3.05, 3.63) is 82.3 Å². The van der Waals surface area contributed by atoms with Crippen molar-refractivity contribution in [2.45, 2.75) is 47.0 Å². The predicted molar refractivity (Wildman–Crippen MR) is 131 cm³/mol. The molecule has 1 unspecified atom stereocenters. The maximum atomic E-state index is 13.6. The van der Waals surface area contributed by atoms with Gasteiger partial charge in [0.25, 0.3) is 5.91 Å². The van der Waals surface area contributed by atoms with Gasteiger partial charge in [0.15, 0.2) is 0 Å². The van der Waals surface area contributed by atoms with Crippen LogP contribution in [0.25, 0.3) is 11.1 Å². The molecule has 5 heterocycles. The third-order valence-corrected chi connectivity index (χ3v) is 6.73. The summed E-state index contributed by atoms with van der Waals surface area (Å²) in [4.78, 5) is 20.0. The summed E-state index contributed by atoms with van der Waals surface area (Å²) in [5.41, 5.74) is 9.35. The molecule has 6 nitrogen and oxygen atoms in total. The number of hydrogen-bond acceptors (Lipinski definition) is 4. The summed E-state index contributed by atoms with van der Waals surface area (Å²) in [6, 6.07) is 2.08. The third kappa shape index (κ3) is 4.00. The summed E-state index contributed by atoms with van der Waals surface area (Å²) < 4.78 is 1.91. The van der Waals surface area contributed by atoms with E-state index in [4.69, 9.17) is 5.10 Å². The van der Waals surface area contributed by atoms with Crippen molar-refractivity contribution in [2.24, 2.45) is 5.92 Å². The molecule has 170 valence electrons. The molecule has 3 aliphatic rings. The van der Waals surface area contributed by atoms with E-state index in [1.54, 1.807) is 6.08 Å². The molecule has 0 aromatic carbocycles. The number of allylic oxidation sites excluding steroid dienone is 5. The lowest BCUT2D eigenvalue weighted by Gasteiger charge is -2.30. The number of hydrogen-bond donors (Lipinski definition) is 1. The molecule has 33 heavy (non-hydrogen) atoms. The number of carbonyl (C=O) groups is 1. The van der Waals surface area contributed by atoms with Crippen LogP contribution in [0.2, 0.25) is 0 Å². The number of carbonyl (C=O) groups excluding carboxylic acids is 1. The molecule has 0 aliphatic carbocycles. The van der Waals surface area contributed by atoms with E-state index in [9.17, 15) is 4.79 Å². The van der Waals surface area contributed by atoms with Crippen molar-refractivity contribution in [1.82, 2.24) is 24.8 Å². The maximum Gasteiger partial charge on any atom is 0.255 e. The van der Waals surface area contributed by atoms with E-state index >= 15 is 0 Å². The summed E-state index contributed by atoms with van der Waals surface area (Å²) in [5, 5.41) is 8.21. The van der Waals surface area contributed by atoms with Gasteiger partial charge in [0.1, 0.15) is 0 Å². The van der Waals surface area contributed by atoms with Crippen LogP contribution in [0.1, 0.15) is 50.7 Å². The molecule has 1 amide bonds. The fraction of sp³-hybridized carbons (Fsp3) is 0.370. The topological polar surface area (TPSA) is 62.5 Å². The van der Waals surface area contributed by atoms with Crippen LogP contribution >= 0.6 is 0 Å². The summed E-state index contributed by atoms with van der Waals surface area (Å²) in [6.45, 7) is 10.2. The normalized spacial score (nSPS) is 21.5. The highest BCUT2D eigenvalue weighted by molar-refractivity contribution is 5.98. The molecule has 6 heteroatoms. The van der Waals surface area contributed by atoms with E-state index < -0.39 is 0 Å². The highest BCUT2D eigenvalue weighted by Crippen LogP contribution is 2.35. The van der Waals surface area contributed by atoms with Crippen LogP contribution in [0.4, 0.5) is 0 Å². The Morgan fingerprint density at radius 3 is 2.82 bits per heavy atom. The van der Waals surface area contributed by atoms with Crippen LogP contribution < -0.4 is 5.32 Å². The van der Waals surface area contributed by atoms with Crippen molar-refractivity contribution in [2.75, 3.05) is 13.1 Å². The van der Waals surface area contributed by atoms with E-state index in [2.05, 4.69) is 55.4 Å². The van der Waals surface area contributed by atoms with Crippen molar-refractivity contribution in [3.63, 3.8) is 0 Å². The summed E-state index contributed by atoms with van der Waals surface area (Å²) in [5.74, 6) is 0.155. The first-order chi connectivity index (χ1) is 15.9. The quantitative estimate of drug-likeness (QED) is 0.762. The molecule has 0 fully saturated rings. The number of rotatable bonds is 3. The van der Waals surface area contributed by atoms with E-state index in [0.717, 1.165) is 77.4 Å². The van der Waals surface area contributed by atoms with Gasteiger partial charge in [0, 0.05) is 24.5 Å². The summed E-state index contributed by atoms with van der Waals surface area (Å²) >= 11 is 0. The lowest BCUT2D eigenvalue weighted by atomic mass is 9.89. The zero-order valence-electron chi connectivity index (χ0n) is 19.9. The van der Waals surface area contributed by atoms with Gasteiger partial charge < -0.3 is 5.32 Å². The van der Waals surface area contributed by atoms with Crippen LogP contribution in [0.5, 0.6) is 0 Å². The van der Waals surface area contributed by atoms with Crippen LogP contribution in [-0.4, -0.2) is 38.5 Å². The molecule has 0 spiro atoms. The Balaban J connectivity index is 1.55. The monoisotopic (exact) mass is 441 g/mol. The van der Waals surface area contributed by atoms with Crippen molar-refractivity contribution >= 4 is 17.0 Å². The second-order valence-corrected chi connectivity index (χ2v) is 9.17. The van der Waals surface area contributed by atoms with Gasteiger partial charge in [-0.25, -0.2) is 4.52 Å². The average molecular weight is 442 g/mol. The van der Waals surface area contributed by atoms with E-state index in [0.29, 0.717) is 0 Å². The predicted octanol–water partition coefficient (Wildman–Crippen LogP) is 4.50. The molecule has 0 saturated heterocycles. The Kier molecular flexibility index (Phi) is 5.62. The van der Waals surface area contributed by atoms with Crippen LogP contribution in [0, 0.1) is 12.8 Å². The van der Waals surface area contributed by atoms with Gasteiger partial charge in [-0.1, -0.05) is 26.0 Å². The smallest absolute Gasteiger partial charge is 0.255 e. The first kappa shape index (κ1) is 21.6. The highest BCUT2D eigenvalue weighted by Gasteiger charge is 2.27.